The molecule has 0 aromatic heterocycles. The van der Waals surface area contributed by atoms with Gasteiger partial charge < -0.3 is 239 Å². The number of nitrogens with two attached hydrogens (primary N) is 1. The molecule has 0 aliphatic carbocycles. The Morgan fingerprint density at radius 2 is 0.788 bits per heavy atom. The molecule has 50 atom stereocenters. The Bertz CT molecular complexity index is 2990. The molecule has 9 heterocycles. The van der Waals surface area contributed by atoms with Crippen LogP contribution in [0.2, 0.25) is 0 Å². The summed E-state index contributed by atoms with van der Waals surface area (Å²) in [6, 6.07) is -1.56. The minimum atomic E-state index is -2.93. The summed E-state index contributed by atoms with van der Waals surface area (Å²) in [7, 11) is 0. The van der Waals surface area contributed by atoms with E-state index < -0.39 is 391 Å². The lowest BCUT2D eigenvalue weighted by atomic mass is 9.88. The summed E-state index contributed by atoms with van der Waals surface area (Å²) in [6.45, 7) is -2.54. The fraction of sp³-hybridized carbons (Fsp3) is 0.986. The van der Waals surface area contributed by atoms with Gasteiger partial charge in [-0.2, -0.15) is 0 Å². The van der Waals surface area contributed by atoms with Crippen LogP contribution in [0.15, 0.2) is 0 Å². The molecule has 0 radical (unpaired) electrons. The Hall–Kier alpha value is -2.41. The Labute approximate surface area is 673 Å². The van der Waals surface area contributed by atoms with Crippen LogP contribution in [0.3, 0.4) is 0 Å². The molecule has 49 nitrogen and oxygen atoms in total. The van der Waals surface area contributed by atoms with Gasteiger partial charge in [-0.3, -0.25) is 0 Å². The number of carbonyl (C=O) groups is 1. The summed E-state index contributed by atoms with van der Waals surface area (Å²) in [5.41, 5.74) is 5.96. The van der Waals surface area contributed by atoms with Crippen molar-refractivity contribution in [2.45, 2.75) is 330 Å². The maximum absolute atomic E-state index is 12.8. The normalized spacial score (nSPS) is 48.9. The molecular formula is C69H121NO48. The minimum absolute atomic E-state index is 0.531. The zero-order valence-electron chi connectivity index (χ0n) is 65.0. The average Bonchev–Trinajstić information content (AvgIpc) is 0.768. The van der Waals surface area contributed by atoms with Gasteiger partial charge in [0, 0.05) is 30.1 Å². The van der Waals surface area contributed by atoms with E-state index in [2.05, 4.69) is 0 Å². The Kier molecular flexibility index (Phi) is 36.5. The maximum Gasteiger partial charge on any atom is 0.364 e. The van der Waals surface area contributed by atoms with Crippen molar-refractivity contribution in [3.63, 3.8) is 0 Å². The molecule has 9 saturated heterocycles. The van der Waals surface area contributed by atoms with Crippen LogP contribution in [0, 0.1) is 23.7 Å². The van der Waals surface area contributed by atoms with Crippen molar-refractivity contribution < 1.29 is 238 Å². The van der Waals surface area contributed by atoms with E-state index >= 15 is 0 Å². The number of ether oxygens (including phenoxy) is 19. The van der Waals surface area contributed by atoms with Gasteiger partial charge in [-0.25, -0.2) is 4.79 Å². The van der Waals surface area contributed by atoms with Gasteiger partial charge in [0.2, 0.25) is 0 Å². The van der Waals surface area contributed by atoms with Gasteiger partial charge in [0.1, 0.15) is 177 Å². The van der Waals surface area contributed by atoms with Gasteiger partial charge in [0.15, 0.2) is 50.3 Å². The number of aliphatic hydroxyl groups is 27. The van der Waals surface area contributed by atoms with E-state index in [0.717, 1.165) is 6.92 Å². The van der Waals surface area contributed by atoms with Gasteiger partial charge in [-0.1, -0.05) is 27.7 Å². The number of aliphatic hydroxyl groups excluding tert-OH is 27. The van der Waals surface area contributed by atoms with Crippen molar-refractivity contribution in [2.75, 3.05) is 72.7 Å². The van der Waals surface area contributed by atoms with Crippen LogP contribution in [0.1, 0.15) is 48.0 Å². The van der Waals surface area contributed by atoms with E-state index in [1.54, 1.807) is 13.8 Å². The van der Waals surface area contributed by atoms with Crippen LogP contribution in [0.4, 0.5) is 0 Å². The van der Waals surface area contributed by atoms with Crippen molar-refractivity contribution >= 4 is 5.97 Å². The van der Waals surface area contributed by atoms with E-state index in [-0.39, 0.29) is 0 Å². The molecule has 9 aliphatic heterocycles. The molecule has 49 heteroatoms. The molecule has 690 valence electrons. The third-order valence-electron chi connectivity index (χ3n) is 23.4. The lowest BCUT2D eigenvalue weighted by molar-refractivity contribution is -0.386. The van der Waals surface area contributed by atoms with E-state index in [1.165, 1.54) is 20.8 Å². The molecule has 0 spiro atoms. The van der Waals surface area contributed by atoms with E-state index in [0.29, 0.717) is 0 Å². The summed E-state index contributed by atoms with van der Waals surface area (Å²) in [6.07, 6.45) is -81.4. The monoisotopic (exact) mass is 1730 g/mol. The standard InChI is InChI=1S/C69H121NO48/c1-19-23(5)102-30(12-75)55(38(19)82)113-61-20(2)39(83)54(31(13-76)108-61)112-36(16-79)104-34(17-100-66-59(50(94)45(89)28(10-73)106-66)116-62-21(3)40(84)56(32(14-77)109-62)114-64-52(96)48(92)44(88)27(9-72)105-64)42(86)24(6)103-67-60(51(95)46(90)29(11-74)107-67)117-63-22(4)41(85)57(33(15-78)110-63)115-65-53(97)49(93)47(91)35(111-65)18-101-69(68(98)99)7-25(80)37(70)58(118-69)43(87)26(81)8-71/h19-67,71-97H,7-18,70H2,1-6H3,(H,98,99)/t19-,20+,21?,22+,23+,24-,25-,26?,27?,28?,29-,30?,31?,32+,33?,34?,35?,36+,37-,38?,39?,40?,41?,42+,43+,44+,45-,46-,47+,48?,49?,50?,51?,52+,53+,54-,55-,56-,57-,58?,59-,60?,61+,62+,63+,64+,65+,66+,67+,69-/m1/s1. The number of hydrogen-bond donors (Lipinski definition) is 29. The predicted molar refractivity (Wildman–Crippen MR) is 372 cm³/mol. The number of aliphatic carboxylic acids is 1. The van der Waals surface area contributed by atoms with Gasteiger partial charge in [-0.15, -0.1) is 0 Å². The van der Waals surface area contributed by atoms with E-state index in [1.807, 2.05) is 0 Å². The summed E-state index contributed by atoms with van der Waals surface area (Å²) in [5, 5.41) is 307. The lowest BCUT2D eigenvalue weighted by Gasteiger charge is -2.49. The van der Waals surface area contributed by atoms with Crippen molar-refractivity contribution in [3.8, 4) is 0 Å². The third kappa shape index (κ3) is 21.5. The first kappa shape index (κ1) is 99.4. The summed E-state index contributed by atoms with van der Waals surface area (Å²) in [5.74, 6) is -9.29. The predicted octanol–water partition coefficient (Wildman–Crippen LogP) is -16.8. The molecule has 9 rings (SSSR count). The summed E-state index contributed by atoms with van der Waals surface area (Å²) < 4.78 is 113. The molecule has 19 unspecified atom stereocenters. The number of carboxylic acids is 1. The largest absolute Gasteiger partial charge is 0.477 e. The molecule has 0 amide bonds. The van der Waals surface area contributed by atoms with E-state index in [9.17, 15) is 148 Å². The van der Waals surface area contributed by atoms with Gasteiger partial charge >= 0.3 is 5.97 Å². The maximum atomic E-state index is 12.8. The third-order valence-corrected chi connectivity index (χ3v) is 23.4. The first-order valence-corrected chi connectivity index (χ1v) is 38.9. The van der Waals surface area contributed by atoms with Crippen LogP contribution in [0.25, 0.3) is 0 Å². The second kappa shape index (κ2) is 43.4. The quantitative estimate of drug-likeness (QED) is 0.0259. The first-order valence-electron chi connectivity index (χ1n) is 38.9. The van der Waals surface area contributed by atoms with Crippen LogP contribution in [-0.2, 0) is 94.8 Å². The fourth-order valence-electron chi connectivity index (χ4n) is 15.5. The smallest absolute Gasteiger partial charge is 0.364 e. The number of carboxylic acid groups (broad SMARTS) is 1. The summed E-state index contributed by atoms with van der Waals surface area (Å²) in [4.78, 5) is 12.8. The van der Waals surface area contributed by atoms with Crippen LogP contribution in [0.5, 0.6) is 0 Å². The highest BCUT2D eigenvalue weighted by atomic mass is 16.8. The number of hydrogen-bond acceptors (Lipinski definition) is 48. The second-order valence-corrected chi connectivity index (χ2v) is 31.4. The SMILES string of the molecule is CC1C(O)[C@H](O[C@@H]2OC(CO)[C@H](O)C(O)[C@@H]2O)[C@H](CO)O[C@H]1O[C@@H]1C(O)[C@H](O)C(CO)O[C@@H]1OCC(O[C@H](CO)O[C@@H]1C(CO)O[C@@H](O[C@@H]2C(CO)O[C@@H](C)[C@@H](C)C2O)[C@@H](C)C1O)[C@@H](O)[C@@H](C)O[C@H]1O[C@H](CO)[C@@H](O)C(O)C1O[C@@H]1OC(CO)[C@@H](O[C@@H]2OC(CO[C@]3(C(=O)O)C[C@@H](O)[C@@H](N)C([C@@H](O)C(O)CO)O3)[C@H](O)C(O)[C@@H]2O)C(O)[C@@H]1C. The van der Waals surface area contributed by atoms with Crippen LogP contribution < -0.4 is 5.73 Å². The molecule has 0 saturated carbocycles. The van der Waals surface area contributed by atoms with Crippen molar-refractivity contribution in [1.29, 1.82) is 0 Å². The van der Waals surface area contributed by atoms with Gasteiger partial charge in [0.05, 0.1) is 121 Å². The van der Waals surface area contributed by atoms with Gasteiger partial charge in [0.25, 0.3) is 5.79 Å². The fourth-order valence-corrected chi connectivity index (χ4v) is 15.5. The van der Waals surface area contributed by atoms with Crippen LogP contribution >= 0.6 is 0 Å². The first-order chi connectivity index (χ1) is 55.7. The Morgan fingerprint density at radius 1 is 0.415 bits per heavy atom. The van der Waals surface area contributed by atoms with Crippen LogP contribution in [-0.4, -0.2) is 504 Å². The molecule has 0 aromatic rings. The van der Waals surface area contributed by atoms with Crippen molar-refractivity contribution in [3.05, 3.63) is 0 Å². The lowest BCUT2D eigenvalue weighted by Crippen LogP contribution is -2.67. The Balaban J connectivity index is 0.952. The minimum Gasteiger partial charge on any atom is -0.477 e. The molecular weight excluding hydrogens is 1610 g/mol. The highest BCUT2D eigenvalue weighted by molar-refractivity contribution is 5.76. The molecule has 0 bridgehead atoms. The van der Waals surface area contributed by atoms with E-state index in [4.69, 9.17) is 95.7 Å². The average molecular weight is 1730 g/mol. The molecule has 118 heavy (non-hydrogen) atoms. The molecule has 0 aromatic carbocycles. The summed E-state index contributed by atoms with van der Waals surface area (Å²) >= 11 is 0. The second-order valence-electron chi connectivity index (χ2n) is 31.4. The zero-order chi connectivity index (χ0) is 87.3. The van der Waals surface area contributed by atoms with Crippen molar-refractivity contribution in [1.82, 2.24) is 0 Å². The highest BCUT2D eigenvalue weighted by Gasteiger charge is 2.60. The van der Waals surface area contributed by atoms with Crippen molar-refractivity contribution in [2.24, 2.45) is 29.4 Å². The Morgan fingerprint density at radius 3 is 1.24 bits per heavy atom. The molecule has 9 fully saturated rings. The molecule has 30 N–H and O–H groups in total. The topological polar surface area (TPSA) is 785 Å². The highest BCUT2D eigenvalue weighted by Crippen LogP contribution is 2.42. The zero-order valence-corrected chi connectivity index (χ0v) is 65.0. The van der Waals surface area contributed by atoms with Gasteiger partial charge in [-0.05, 0) is 13.8 Å². The molecule has 9 aliphatic rings. The number of rotatable bonds is 36.